The molecule has 1 aromatic carbocycles. The van der Waals surface area contributed by atoms with Crippen molar-refractivity contribution in [2.45, 2.75) is 25.3 Å². The van der Waals surface area contributed by atoms with Crippen molar-refractivity contribution < 1.29 is 0 Å². The Hall–Kier alpha value is -1.34. The molecule has 2 aromatic rings. The van der Waals surface area contributed by atoms with E-state index in [9.17, 15) is 4.79 Å². The summed E-state index contributed by atoms with van der Waals surface area (Å²) < 4.78 is 1.36. The van der Waals surface area contributed by atoms with Gasteiger partial charge in [-0.2, -0.15) is 5.10 Å². The van der Waals surface area contributed by atoms with Crippen molar-refractivity contribution in [3.05, 3.63) is 44.6 Å². The number of benzene rings is 1. The second kappa shape index (κ2) is 7.09. The number of hydrogen-bond acceptors (Lipinski definition) is 4. The molecular weight excluding hydrogens is 313 g/mol. The van der Waals surface area contributed by atoms with E-state index in [-0.39, 0.29) is 6.04 Å². The lowest BCUT2D eigenvalue weighted by atomic mass is 10.1. The molecule has 0 bridgehead atoms. The molecule has 0 aliphatic heterocycles. The minimum Gasteiger partial charge on any atom is -0.330 e. The van der Waals surface area contributed by atoms with Gasteiger partial charge < -0.3 is 11.5 Å². The van der Waals surface area contributed by atoms with E-state index >= 15 is 0 Å². The number of hydrogen-bond donors (Lipinski definition) is 3. The summed E-state index contributed by atoms with van der Waals surface area (Å²) >= 11 is 12.1. The summed E-state index contributed by atoms with van der Waals surface area (Å²) in [7, 11) is 0. The van der Waals surface area contributed by atoms with Gasteiger partial charge in [-0.15, -0.1) is 0 Å². The van der Waals surface area contributed by atoms with Gasteiger partial charge in [-0.25, -0.2) is 14.5 Å². The molecule has 0 fully saturated rings. The zero-order chi connectivity index (χ0) is 15.4. The van der Waals surface area contributed by atoms with Crippen LogP contribution in [0.15, 0.2) is 23.0 Å². The second-order valence-electron chi connectivity index (χ2n) is 4.71. The van der Waals surface area contributed by atoms with Crippen LogP contribution >= 0.6 is 23.2 Å². The van der Waals surface area contributed by atoms with Gasteiger partial charge in [0.2, 0.25) is 0 Å². The zero-order valence-corrected chi connectivity index (χ0v) is 12.9. The topological polar surface area (TPSA) is 103 Å². The number of aromatic nitrogens is 3. The van der Waals surface area contributed by atoms with E-state index in [4.69, 9.17) is 34.7 Å². The average molecular weight is 330 g/mol. The maximum atomic E-state index is 12.0. The summed E-state index contributed by atoms with van der Waals surface area (Å²) in [5.41, 5.74) is 11.6. The molecule has 1 aromatic heterocycles. The normalized spacial score (nSPS) is 12.6. The Morgan fingerprint density at radius 2 is 2.10 bits per heavy atom. The summed E-state index contributed by atoms with van der Waals surface area (Å²) in [6.07, 6.45) is 2.42. The lowest BCUT2D eigenvalue weighted by molar-refractivity contribution is 0.557. The molecule has 114 valence electrons. The number of aromatic amines is 1. The molecule has 0 aliphatic rings. The van der Waals surface area contributed by atoms with Crippen molar-refractivity contribution in [3.8, 4) is 5.69 Å². The third-order valence-corrected chi connectivity index (χ3v) is 3.70. The van der Waals surface area contributed by atoms with Gasteiger partial charge in [0.25, 0.3) is 0 Å². The lowest BCUT2D eigenvalue weighted by Crippen LogP contribution is -2.22. The van der Waals surface area contributed by atoms with Crippen LogP contribution in [0.4, 0.5) is 0 Å². The molecular formula is C13H17Cl2N5O. The maximum absolute atomic E-state index is 12.0. The Bertz CT molecular complexity index is 667. The zero-order valence-electron chi connectivity index (χ0n) is 11.4. The first-order valence-electron chi connectivity index (χ1n) is 6.63. The Morgan fingerprint density at radius 3 is 2.81 bits per heavy atom. The van der Waals surface area contributed by atoms with Gasteiger partial charge in [0, 0.05) is 5.02 Å². The largest absolute Gasteiger partial charge is 0.348 e. The first-order valence-corrected chi connectivity index (χ1v) is 7.38. The number of H-pyrrole nitrogens is 1. The van der Waals surface area contributed by atoms with E-state index in [0.717, 1.165) is 12.8 Å². The molecule has 0 saturated heterocycles. The molecule has 1 heterocycles. The molecule has 0 amide bonds. The van der Waals surface area contributed by atoms with Crippen molar-refractivity contribution in [3.63, 3.8) is 0 Å². The summed E-state index contributed by atoms with van der Waals surface area (Å²) in [5, 5.41) is 7.29. The van der Waals surface area contributed by atoms with Crippen LogP contribution in [-0.4, -0.2) is 21.3 Å². The van der Waals surface area contributed by atoms with Gasteiger partial charge in [0.15, 0.2) is 5.82 Å². The van der Waals surface area contributed by atoms with Gasteiger partial charge in [-0.1, -0.05) is 29.6 Å². The highest BCUT2D eigenvalue weighted by molar-refractivity contribution is 6.34. The Labute approximate surface area is 132 Å². The quantitative estimate of drug-likeness (QED) is 0.705. The first-order chi connectivity index (χ1) is 10.0. The predicted molar refractivity (Wildman–Crippen MR) is 84.0 cm³/mol. The fourth-order valence-electron chi connectivity index (χ4n) is 2.09. The van der Waals surface area contributed by atoms with Crippen molar-refractivity contribution in [1.82, 2.24) is 14.8 Å². The van der Waals surface area contributed by atoms with Crippen molar-refractivity contribution in [2.24, 2.45) is 11.5 Å². The number of unbranched alkanes of at least 4 members (excludes halogenated alkanes) is 1. The molecule has 21 heavy (non-hydrogen) atoms. The van der Waals surface area contributed by atoms with Crippen LogP contribution in [0.3, 0.4) is 0 Å². The fourth-order valence-corrected chi connectivity index (χ4v) is 2.45. The molecule has 0 aliphatic carbocycles. The standard InChI is InChI=1S/C13H17Cl2N5O/c14-8-4-5-9(15)11(7-8)20-12(18-19-13(20)21)10(17)3-1-2-6-16/h4-5,7,10H,1-3,6,16-17H2,(H,19,21). The van der Waals surface area contributed by atoms with Crippen molar-refractivity contribution in [2.75, 3.05) is 6.54 Å². The maximum Gasteiger partial charge on any atom is 0.348 e. The highest BCUT2D eigenvalue weighted by atomic mass is 35.5. The Morgan fingerprint density at radius 1 is 1.33 bits per heavy atom. The molecule has 6 nitrogen and oxygen atoms in total. The van der Waals surface area contributed by atoms with Crippen LogP contribution in [0.5, 0.6) is 0 Å². The van der Waals surface area contributed by atoms with Crippen LogP contribution < -0.4 is 17.2 Å². The van der Waals surface area contributed by atoms with Crippen LogP contribution in [0.25, 0.3) is 5.69 Å². The van der Waals surface area contributed by atoms with Crippen LogP contribution in [-0.2, 0) is 0 Å². The SMILES string of the molecule is NCCCCC(N)c1n[nH]c(=O)n1-c1cc(Cl)ccc1Cl. The molecule has 0 saturated carbocycles. The average Bonchev–Trinajstić information content (AvgIpc) is 2.83. The molecule has 1 atom stereocenters. The van der Waals surface area contributed by atoms with Gasteiger partial charge in [0.05, 0.1) is 16.8 Å². The molecule has 2 rings (SSSR count). The second-order valence-corrected chi connectivity index (χ2v) is 5.55. The van der Waals surface area contributed by atoms with E-state index in [1.54, 1.807) is 18.2 Å². The molecule has 0 spiro atoms. The number of nitrogens with two attached hydrogens (primary N) is 2. The predicted octanol–water partition coefficient (Wildman–Crippen LogP) is 2.00. The van der Waals surface area contributed by atoms with Gasteiger partial charge in [-0.05, 0) is 37.6 Å². The van der Waals surface area contributed by atoms with Gasteiger partial charge in [0.1, 0.15) is 0 Å². The third kappa shape index (κ3) is 3.65. The minimum atomic E-state index is -0.400. The number of halogens is 2. The summed E-state index contributed by atoms with van der Waals surface area (Å²) in [6, 6.07) is 4.50. The summed E-state index contributed by atoms with van der Waals surface area (Å²) in [4.78, 5) is 12.0. The third-order valence-electron chi connectivity index (χ3n) is 3.15. The van der Waals surface area contributed by atoms with E-state index < -0.39 is 5.69 Å². The van der Waals surface area contributed by atoms with Crippen molar-refractivity contribution in [1.29, 1.82) is 0 Å². The minimum absolute atomic E-state index is 0.384. The van der Waals surface area contributed by atoms with E-state index in [1.807, 2.05) is 0 Å². The Balaban J connectivity index is 2.38. The van der Waals surface area contributed by atoms with Gasteiger partial charge >= 0.3 is 5.69 Å². The van der Waals surface area contributed by atoms with Gasteiger partial charge in [-0.3, -0.25) is 0 Å². The lowest BCUT2D eigenvalue weighted by Gasteiger charge is -2.13. The van der Waals surface area contributed by atoms with E-state index in [0.29, 0.717) is 34.5 Å². The molecule has 8 heteroatoms. The smallest absolute Gasteiger partial charge is 0.330 e. The fraction of sp³-hybridized carbons (Fsp3) is 0.385. The van der Waals surface area contributed by atoms with Crippen LogP contribution in [0.2, 0.25) is 10.0 Å². The highest BCUT2D eigenvalue weighted by Gasteiger charge is 2.19. The summed E-state index contributed by atoms with van der Waals surface area (Å²) in [5.74, 6) is 0.432. The monoisotopic (exact) mass is 329 g/mol. The first kappa shape index (κ1) is 16.0. The number of nitrogens with one attached hydrogen (secondary N) is 1. The molecule has 1 unspecified atom stereocenters. The van der Waals surface area contributed by atoms with E-state index in [1.165, 1.54) is 4.57 Å². The van der Waals surface area contributed by atoms with Crippen LogP contribution in [0.1, 0.15) is 31.1 Å². The number of nitrogens with zero attached hydrogens (tertiary/aromatic N) is 2. The summed E-state index contributed by atoms with van der Waals surface area (Å²) in [6.45, 7) is 0.611. The molecule has 0 radical (unpaired) electrons. The highest BCUT2D eigenvalue weighted by Crippen LogP contribution is 2.25. The van der Waals surface area contributed by atoms with Crippen LogP contribution in [0, 0.1) is 0 Å². The van der Waals surface area contributed by atoms with Crippen molar-refractivity contribution >= 4 is 23.2 Å². The Kier molecular flexibility index (Phi) is 5.41. The number of rotatable bonds is 6. The van der Waals surface area contributed by atoms with E-state index in [2.05, 4.69) is 10.2 Å². The molecule has 5 N–H and O–H groups in total.